The Labute approximate surface area is 102 Å². The molecule has 0 aliphatic heterocycles. The second-order valence-corrected chi connectivity index (χ2v) is 5.70. The van der Waals surface area contributed by atoms with E-state index < -0.39 is 0 Å². The summed E-state index contributed by atoms with van der Waals surface area (Å²) >= 11 is 6.82. The van der Waals surface area contributed by atoms with Gasteiger partial charge in [-0.2, -0.15) is 0 Å². The van der Waals surface area contributed by atoms with Gasteiger partial charge in [-0.3, -0.25) is 9.36 Å². The topological polar surface area (TPSA) is 37.8 Å². The van der Waals surface area contributed by atoms with E-state index in [0.29, 0.717) is 4.77 Å². The minimum atomic E-state index is 0.0538. The van der Waals surface area contributed by atoms with Crippen molar-refractivity contribution in [1.82, 2.24) is 9.55 Å². The summed E-state index contributed by atoms with van der Waals surface area (Å²) in [4.78, 5) is 17.6. The predicted molar refractivity (Wildman–Crippen MR) is 68.9 cm³/mol. The number of thiophene rings is 1. The Hall–Kier alpha value is -0.940. The molecule has 5 heteroatoms. The molecule has 2 aromatic rings. The van der Waals surface area contributed by atoms with Crippen molar-refractivity contribution in [3.05, 3.63) is 25.6 Å². The van der Waals surface area contributed by atoms with Crippen LogP contribution in [-0.4, -0.2) is 9.55 Å². The van der Waals surface area contributed by atoms with Gasteiger partial charge in [0.05, 0.1) is 5.39 Å². The molecule has 2 heterocycles. The monoisotopic (exact) mass is 252 g/mol. The van der Waals surface area contributed by atoms with Gasteiger partial charge in [0.1, 0.15) is 4.83 Å². The van der Waals surface area contributed by atoms with Crippen LogP contribution < -0.4 is 5.56 Å². The Balaban J connectivity index is 2.50. The third kappa shape index (κ3) is 1.31. The molecule has 16 heavy (non-hydrogen) atoms. The average Bonchev–Trinajstić information content (AvgIpc) is 2.64. The van der Waals surface area contributed by atoms with Gasteiger partial charge in [-0.15, -0.1) is 11.3 Å². The number of H-pyrrole nitrogens is 1. The fraction of sp³-hybridized carbons (Fsp3) is 0.455. The van der Waals surface area contributed by atoms with Crippen molar-refractivity contribution in [1.29, 1.82) is 0 Å². The highest BCUT2D eigenvalue weighted by Crippen LogP contribution is 2.33. The highest BCUT2D eigenvalue weighted by molar-refractivity contribution is 7.71. The molecule has 84 valence electrons. The van der Waals surface area contributed by atoms with E-state index in [1.807, 2.05) is 0 Å². The van der Waals surface area contributed by atoms with Crippen LogP contribution >= 0.6 is 23.6 Å². The van der Waals surface area contributed by atoms with E-state index in [9.17, 15) is 4.79 Å². The van der Waals surface area contributed by atoms with Gasteiger partial charge in [0.15, 0.2) is 4.77 Å². The number of nitrogens with zero attached hydrogens (tertiary/aromatic N) is 1. The molecule has 0 atom stereocenters. The molecule has 3 nitrogen and oxygen atoms in total. The first kappa shape index (κ1) is 10.2. The van der Waals surface area contributed by atoms with Crippen molar-refractivity contribution < 1.29 is 0 Å². The Morgan fingerprint density at radius 2 is 2.12 bits per heavy atom. The van der Waals surface area contributed by atoms with Gasteiger partial charge < -0.3 is 4.98 Å². The van der Waals surface area contributed by atoms with E-state index in [0.717, 1.165) is 23.1 Å². The molecule has 0 radical (unpaired) electrons. The molecular formula is C11H12N2OS2. The zero-order chi connectivity index (χ0) is 11.3. The first-order valence-electron chi connectivity index (χ1n) is 5.42. The molecule has 0 bridgehead atoms. The lowest BCUT2D eigenvalue weighted by atomic mass is 9.97. The van der Waals surface area contributed by atoms with Crippen LogP contribution in [-0.2, 0) is 19.9 Å². The van der Waals surface area contributed by atoms with Crippen molar-refractivity contribution in [3.63, 3.8) is 0 Å². The number of aromatic amines is 1. The maximum Gasteiger partial charge on any atom is 0.263 e. The summed E-state index contributed by atoms with van der Waals surface area (Å²) in [5.74, 6) is 0. The summed E-state index contributed by atoms with van der Waals surface area (Å²) in [6.07, 6.45) is 4.58. The number of hydrogen-bond acceptors (Lipinski definition) is 3. The van der Waals surface area contributed by atoms with E-state index in [1.54, 1.807) is 18.4 Å². The summed E-state index contributed by atoms with van der Waals surface area (Å²) in [7, 11) is 1.73. The summed E-state index contributed by atoms with van der Waals surface area (Å²) in [6.45, 7) is 0. The highest BCUT2D eigenvalue weighted by Gasteiger charge is 2.19. The van der Waals surface area contributed by atoms with E-state index in [2.05, 4.69) is 4.98 Å². The van der Waals surface area contributed by atoms with Crippen LogP contribution in [0.2, 0.25) is 0 Å². The number of aryl methyl sites for hydroxylation is 2. The number of rotatable bonds is 0. The van der Waals surface area contributed by atoms with Crippen molar-refractivity contribution in [3.8, 4) is 0 Å². The molecule has 0 aromatic carbocycles. The van der Waals surface area contributed by atoms with Gasteiger partial charge in [0.2, 0.25) is 0 Å². The normalized spacial score (nSPS) is 15.3. The van der Waals surface area contributed by atoms with Crippen LogP contribution in [0.5, 0.6) is 0 Å². The van der Waals surface area contributed by atoms with Crippen LogP contribution in [0.1, 0.15) is 23.3 Å². The number of fused-ring (bicyclic) bond motifs is 3. The van der Waals surface area contributed by atoms with Gasteiger partial charge in [-0.1, -0.05) is 0 Å². The van der Waals surface area contributed by atoms with Gasteiger partial charge in [-0.25, -0.2) is 0 Å². The fourth-order valence-corrected chi connectivity index (χ4v) is 3.85. The van der Waals surface area contributed by atoms with Crippen LogP contribution in [0.4, 0.5) is 0 Å². The summed E-state index contributed by atoms with van der Waals surface area (Å²) in [5, 5.41) is 0.871. The van der Waals surface area contributed by atoms with Gasteiger partial charge in [0, 0.05) is 11.9 Å². The second kappa shape index (κ2) is 3.53. The maximum absolute atomic E-state index is 12.2. The largest absolute Gasteiger partial charge is 0.323 e. The molecular weight excluding hydrogens is 240 g/mol. The Kier molecular flexibility index (Phi) is 2.26. The molecule has 0 spiro atoms. The fourth-order valence-electron chi connectivity index (χ4n) is 2.32. The van der Waals surface area contributed by atoms with E-state index >= 15 is 0 Å². The summed E-state index contributed by atoms with van der Waals surface area (Å²) in [6, 6.07) is 0. The molecule has 3 rings (SSSR count). The average molecular weight is 252 g/mol. The smallest absolute Gasteiger partial charge is 0.263 e. The molecule has 1 aliphatic rings. The minimum absolute atomic E-state index is 0.0538. The zero-order valence-corrected chi connectivity index (χ0v) is 10.6. The maximum atomic E-state index is 12.2. The van der Waals surface area contributed by atoms with Crippen LogP contribution in [0, 0.1) is 4.77 Å². The molecule has 0 unspecified atom stereocenters. The molecule has 0 saturated carbocycles. The van der Waals surface area contributed by atoms with Gasteiger partial charge in [-0.05, 0) is 43.5 Å². The first-order valence-corrected chi connectivity index (χ1v) is 6.64. The quantitative estimate of drug-likeness (QED) is 0.732. The van der Waals surface area contributed by atoms with Crippen molar-refractivity contribution in [2.75, 3.05) is 0 Å². The summed E-state index contributed by atoms with van der Waals surface area (Å²) < 4.78 is 2.04. The zero-order valence-electron chi connectivity index (χ0n) is 9.00. The Morgan fingerprint density at radius 3 is 2.94 bits per heavy atom. The van der Waals surface area contributed by atoms with Crippen molar-refractivity contribution >= 4 is 33.8 Å². The van der Waals surface area contributed by atoms with E-state index in [4.69, 9.17) is 12.2 Å². The lowest BCUT2D eigenvalue weighted by molar-refractivity contribution is 0.699. The molecule has 1 aliphatic carbocycles. The van der Waals surface area contributed by atoms with Crippen molar-refractivity contribution in [2.45, 2.75) is 25.7 Å². The molecule has 0 amide bonds. The SMILES string of the molecule is Cn1c(=S)[nH]c2sc3c(c2c1=O)CCCC3. The van der Waals surface area contributed by atoms with E-state index in [1.165, 1.54) is 27.8 Å². The number of hydrogen-bond donors (Lipinski definition) is 1. The standard InChI is InChI=1S/C11H12N2OS2/c1-13-10(14)8-6-4-2-3-5-7(6)16-9(8)12-11(13)15/h2-5H2,1H3,(H,12,15). The number of aromatic nitrogens is 2. The predicted octanol–water partition coefficient (Wildman–Crippen LogP) is 2.54. The third-order valence-corrected chi connectivity index (χ3v) is 4.80. The van der Waals surface area contributed by atoms with E-state index in [-0.39, 0.29) is 5.56 Å². The van der Waals surface area contributed by atoms with Crippen LogP contribution in [0.15, 0.2) is 4.79 Å². The molecule has 0 saturated heterocycles. The van der Waals surface area contributed by atoms with Gasteiger partial charge >= 0.3 is 0 Å². The Bertz CT molecular complexity index is 678. The van der Waals surface area contributed by atoms with Crippen LogP contribution in [0.3, 0.4) is 0 Å². The summed E-state index contributed by atoms with van der Waals surface area (Å²) in [5.41, 5.74) is 1.32. The molecule has 0 fully saturated rings. The highest BCUT2D eigenvalue weighted by atomic mass is 32.1. The first-order chi connectivity index (χ1) is 7.68. The lowest BCUT2D eigenvalue weighted by Crippen LogP contribution is -2.19. The Morgan fingerprint density at radius 1 is 1.38 bits per heavy atom. The number of nitrogens with one attached hydrogen (secondary N) is 1. The second-order valence-electron chi connectivity index (χ2n) is 4.21. The molecule has 2 aromatic heterocycles. The van der Waals surface area contributed by atoms with Crippen molar-refractivity contribution in [2.24, 2.45) is 7.05 Å². The van der Waals surface area contributed by atoms with Crippen LogP contribution in [0.25, 0.3) is 10.2 Å². The third-order valence-electron chi connectivity index (χ3n) is 3.21. The van der Waals surface area contributed by atoms with Gasteiger partial charge in [0.25, 0.3) is 5.56 Å². The minimum Gasteiger partial charge on any atom is -0.323 e. The lowest BCUT2D eigenvalue weighted by Gasteiger charge is -2.09. The molecule has 1 N–H and O–H groups in total.